The van der Waals surface area contributed by atoms with Gasteiger partial charge in [0.1, 0.15) is 6.04 Å². The first-order valence-electron chi connectivity index (χ1n) is 4.64. The quantitative estimate of drug-likeness (QED) is 0.583. The molecule has 2 N–H and O–H groups in total. The Morgan fingerprint density at radius 1 is 1.54 bits per heavy atom. The van der Waals surface area contributed by atoms with Crippen LogP contribution in [0.4, 0.5) is 0 Å². The van der Waals surface area contributed by atoms with Gasteiger partial charge in [-0.2, -0.15) is 0 Å². The largest absolute Gasteiger partial charge is 0.480 e. The molecule has 0 aliphatic carbocycles. The first kappa shape index (κ1) is 12.4. The highest BCUT2D eigenvalue weighted by atomic mass is 16.5. The number of carboxylic acids is 1. The van der Waals surface area contributed by atoms with Crippen molar-refractivity contribution in [3.8, 4) is 0 Å². The molecule has 4 heteroatoms. The predicted octanol–water partition coefficient (Wildman–Crippen LogP) is 0.864. The Balaban J connectivity index is 3.74. The number of carboxylic acid groups (broad SMARTS) is 1. The summed E-state index contributed by atoms with van der Waals surface area (Å²) in [4.78, 5) is 10.7. The van der Waals surface area contributed by atoms with Crippen LogP contribution in [0.2, 0.25) is 0 Å². The van der Waals surface area contributed by atoms with Gasteiger partial charge in [0.2, 0.25) is 0 Å². The number of aliphatic carboxylic acids is 1. The molecule has 0 saturated carbocycles. The van der Waals surface area contributed by atoms with E-state index in [2.05, 4.69) is 5.32 Å². The Bertz CT molecular complexity index is 148. The van der Waals surface area contributed by atoms with Gasteiger partial charge in [-0.1, -0.05) is 20.8 Å². The minimum absolute atomic E-state index is 0.159. The van der Waals surface area contributed by atoms with Gasteiger partial charge in [0, 0.05) is 12.6 Å². The van der Waals surface area contributed by atoms with Gasteiger partial charge < -0.3 is 15.2 Å². The van der Waals surface area contributed by atoms with E-state index in [9.17, 15) is 4.79 Å². The van der Waals surface area contributed by atoms with Crippen LogP contribution in [0.5, 0.6) is 0 Å². The second kappa shape index (κ2) is 6.86. The molecule has 0 saturated heterocycles. The van der Waals surface area contributed by atoms with Crippen molar-refractivity contribution in [3.05, 3.63) is 0 Å². The fourth-order valence-electron chi connectivity index (χ4n) is 0.939. The summed E-state index contributed by atoms with van der Waals surface area (Å²) in [6.07, 6.45) is 0.911. The lowest BCUT2D eigenvalue weighted by atomic mass is 10.2. The van der Waals surface area contributed by atoms with Crippen molar-refractivity contribution < 1.29 is 14.6 Å². The maximum Gasteiger partial charge on any atom is 0.323 e. The van der Waals surface area contributed by atoms with E-state index in [1.165, 1.54) is 0 Å². The van der Waals surface area contributed by atoms with Crippen molar-refractivity contribution in [1.82, 2.24) is 5.32 Å². The Kier molecular flexibility index (Phi) is 6.54. The van der Waals surface area contributed by atoms with Gasteiger partial charge in [-0.15, -0.1) is 0 Å². The van der Waals surface area contributed by atoms with Crippen molar-refractivity contribution in [2.75, 3.05) is 13.2 Å². The van der Waals surface area contributed by atoms with E-state index in [-0.39, 0.29) is 12.6 Å². The smallest absolute Gasteiger partial charge is 0.323 e. The first-order valence-corrected chi connectivity index (χ1v) is 4.64. The van der Waals surface area contributed by atoms with Crippen LogP contribution in [-0.2, 0) is 9.53 Å². The molecule has 0 rings (SSSR count). The summed E-state index contributed by atoms with van der Waals surface area (Å²) in [6, 6.07) is -0.433. The van der Waals surface area contributed by atoms with Gasteiger partial charge in [-0.25, -0.2) is 0 Å². The molecule has 78 valence electrons. The molecule has 0 amide bonds. The summed E-state index contributed by atoms with van der Waals surface area (Å²) in [5, 5.41) is 11.7. The molecular weight excluding hydrogens is 170 g/mol. The van der Waals surface area contributed by atoms with E-state index in [1.807, 2.05) is 20.8 Å². The Morgan fingerprint density at radius 3 is 2.54 bits per heavy atom. The van der Waals surface area contributed by atoms with E-state index < -0.39 is 12.0 Å². The summed E-state index contributed by atoms with van der Waals surface area (Å²) in [7, 11) is 0. The van der Waals surface area contributed by atoms with Crippen LogP contribution < -0.4 is 5.32 Å². The number of rotatable bonds is 7. The van der Waals surface area contributed by atoms with Crippen LogP contribution in [0.1, 0.15) is 27.2 Å². The van der Waals surface area contributed by atoms with Crippen LogP contribution in [0, 0.1) is 0 Å². The topological polar surface area (TPSA) is 58.6 Å². The lowest BCUT2D eigenvalue weighted by Crippen LogP contribution is -2.44. The second-order valence-corrected chi connectivity index (χ2v) is 3.29. The molecule has 0 fully saturated rings. The molecule has 0 aliphatic heterocycles. The Hall–Kier alpha value is -0.610. The first-order chi connectivity index (χ1) is 6.07. The molecule has 0 aromatic heterocycles. The zero-order valence-electron chi connectivity index (χ0n) is 8.54. The van der Waals surface area contributed by atoms with Crippen molar-refractivity contribution >= 4 is 5.97 Å². The fourth-order valence-corrected chi connectivity index (χ4v) is 0.939. The van der Waals surface area contributed by atoms with Crippen molar-refractivity contribution in [1.29, 1.82) is 0 Å². The summed E-state index contributed by atoms with van der Waals surface area (Å²) >= 11 is 0. The zero-order chi connectivity index (χ0) is 10.3. The molecule has 4 nitrogen and oxygen atoms in total. The van der Waals surface area contributed by atoms with E-state index in [1.54, 1.807) is 0 Å². The molecule has 0 aromatic rings. The third-order valence-electron chi connectivity index (χ3n) is 1.47. The molecule has 0 aliphatic rings. The molecule has 1 atom stereocenters. The van der Waals surface area contributed by atoms with E-state index in [0.29, 0.717) is 6.61 Å². The Labute approximate surface area is 79.3 Å². The standard InChI is InChI=1S/C9H19NO3/c1-4-5-13-6-8(9(11)12)10-7(2)3/h7-8,10H,4-6H2,1-3H3,(H,11,12). The number of hydrogen-bond donors (Lipinski definition) is 2. The predicted molar refractivity (Wildman–Crippen MR) is 50.8 cm³/mol. The summed E-state index contributed by atoms with van der Waals surface area (Å²) in [5.41, 5.74) is 0. The lowest BCUT2D eigenvalue weighted by Gasteiger charge is -2.16. The van der Waals surface area contributed by atoms with Crippen LogP contribution >= 0.6 is 0 Å². The highest BCUT2D eigenvalue weighted by Gasteiger charge is 2.17. The molecular formula is C9H19NO3. The molecule has 0 radical (unpaired) electrons. The van der Waals surface area contributed by atoms with E-state index >= 15 is 0 Å². The van der Waals surface area contributed by atoms with Gasteiger partial charge >= 0.3 is 5.97 Å². The average Bonchev–Trinajstić information content (AvgIpc) is 2.02. The minimum Gasteiger partial charge on any atom is -0.480 e. The van der Waals surface area contributed by atoms with Gasteiger partial charge in [0.15, 0.2) is 0 Å². The minimum atomic E-state index is -0.857. The van der Waals surface area contributed by atoms with Gasteiger partial charge in [-0.05, 0) is 6.42 Å². The molecule has 1 unspecified atom stereocenters. The van der Waals surface area contributed by atoms with Crippen LogP contribution in [0.3, 0.4) is 0 Å². The summed E-state index contributed by atoms with van der Waals surface area (Å²) in [5.74, 6) is -0.857. The average molecular weight is 189 g/mol. The third-order valence-corrected chi connectivity index (χ3v) is 1.47. The molecule has 0 aromatic carbocycles. The molecule has 0 heterocycles. The van der Waals surface area contributed by atoms with E-state index in [0.717, 1.165) is 6.42 Å². The van der Waals surface area contributed by atoms with Crippen molar-refractivity contribution in [2.24, 2.45) is 0 Å². The number of carbonyl (C=O) groups is 1. The molecule has 13 heavy (non-hydrogen) atoms. The third kappa shape index (κ3) is 6.54. The van der Waals surface area contributed by atoms with Crippen LogP contribution in [-0.4, -0.2) is 36.4 Å². The zero-order valence-corrected chi connectivity index (χ0v) is 8.54. The molecule has 0 bridgehead atoms. The highest BCUT2D eigenvalue weighted by Crippen LogP contribution is 1.91. The Morgan fingerprint density at radius 2 is 2.15 bits per heavy atom. The number of hydrogen-bond acceptors (Lipinski definition) is 3. The van der Waals surface area contributed by atoms with Gasteiger partial charge in [0.25, 0.3) is 0 Å². The highest BCUT2D eigenvalue weighted by molar-refractivity contribution is 5.73. The van der Waals surface area contributed by atoms with Crippen LogP contribution in [0.25, 0.3) is 0 Å². The van der Waals surface area contributed by atoms with E-state index in [4.69, 9.17) is 9.84 Å². The number of nitrogens with one attached hydrogen (secondary N) is 1. The number of ether oxygens (including phenoxy) is 1. The van der Waals surface area contributed by atoms with Crippen LogP contribution in [0.15, 0.2) is 0 Å². The molecule has 0 spiro atoms. The summed E-state index contributed by atoms with van der Waals surface area (Å²) in [6.45, 7) is 6.67. The monoisotopic (exact) mass is 189 g/mol. The SMILES string of the molecule is CCCOCC(NC(C)C)C(=O)O. The maximum atomic E-state index is 10.7. The summed E-state index contributed by atoms with van der Waals surface area (Å²) < 4.78 is 5.16. The van der Waals surface area contributed by atoms with Gasteiger partial charge in [-0.3, -0.25) is 4.79 Å². The van der Waals surface area contributed by atoms with Gasteiger partial charge in [0.05, 0.1) is 6.61 Å². The normalized spacial score (nSPS) is 13.2. The maximum absolute atomic E-state index is 10.7. The van der Waals surface area contributed by atoms with Crippen molar-refractivity contribution in [2.45, 2.75) is 39.3 Å². The fraction of sp³-hybridized carbons (Fsp3) is 0.889. The van der Waals surface area contributed by atoms with Crippen molar-refractivity contribution in [3.63, 3.8) is 0 Å². The second-order valence-electron chi connectivity index (χ2n) is 3.29. The lowest BCUT2D eigenvalue weighted by molar-refractivity contribution is -0.141.